The summed E-state index contributed by atoms with van der Waals surface area (Å²) in [5.74, 6) is 0.433. The Morgan fingerprint density at radius 3 is 2.46 bits per heavy atom. The predicted molar refractivity (Wildman–Crippen MR) is 104 cm³/mol. The van der Waals surface area contributed by atoms with Gasteiger partial charge in [-0.3, -0.25) is 18.5 Å². The molecule has 9 heteroatoms. The summed E-state index contributed by atoms with van der Waals surface area (Å²) >= 11 is 3.41. The number of hydrogen-bond donors (Lipinski definition) is 2. The highest BCUT2D eigenvalue weighted by molar-refractivity contribution is 9.10. The van der Waals surface area contributed by atoms with Crippen molar-refractivity contribution in [2.24, 2.45) is 14.1 Å². The molecule has 0 aliphatic heterocycles. The molecule has 2 heterocycles. The van der Waals surface area contributed by atoms with Gasteiger partial charge in [0.2, 0.25) is 5.95 Å². The number of benzene rings is 1. The molecule has 138 valence electrons. The normalized spacial score (nSPS) is 12.5. The van der Waals surface area contributed by atoms with Gasteiger partial charge in [0.1, 0.15) is 0 Å². The van der Waals surface area contributed by atoms with E-state index in [1.807, 2.05) is 24.3 Å². The van der Waals surface area contributed by atoms with Gasteiger partial charge in [0.25, 0.3) is 5.56 Å². The van der Waals surface area contributed by atoms with Crippen LogP contribution in [0.2, 0.25) is 0 Å². The van der Waals surface area contributed by atoms with Crippen LogP contribution in [0.5, 0.6) is 0 Å². The summed E-state index contributed by atoms with van der Waals surface area (Å²) in [4.78, 5) is 29.4. The van der Waals surface area contributed by atoms with Crippen molar-refractivity contribution >= 4 is 33.0 Å². The first-order valence-electron chi connectivity index (χ1n) is 8.12. The number of anilines is 1. The Labute approximate surface area is 157 Å². The average Bonchev–Trinajstić information content (AvgIpc) is 2.96. The van der Waals surface area contributed by atoms with Crippen molar-refractivity contribution < 1.29 is 5.11 Å². The first-order chi connectivity index (χ1) is 12.3. The lowest BCUT2D eigenvalue weighted by Crippen LogP contribution is -2.37. The average molecular weight is 422 g/mol. The highest BCUT2D eigenvalue weighted by atomic mass is 79.9. The first kappa shape index (κ1) is 18.4. The third kappa shape index (κ3) is 3.32. The number of aliphatic hydroxyl groups is 1. The van der Waals surface area contributed by atoms with Gasteiger partial charge in [-0.25, -0.2) is 4.79 Å². The summed E-state index contributed by atoms with van der Waals surface area (Å²) < 4.78 is 5.12. The molecule has 0 bridgehead atoms. The zero-order valence-electron chi connectivity index (χ0n) is 14.7. The van der Waals surface area contributed by atoms with Gasteiger partial charge in [-0.1, -0.05) is 28.1 Å². The zero-order valence-corrected chi connectivity index (χ0v) is 16.3. The smallest absolute Gasteiger partial charge is 0.332 e. The van der Waals surface area contributed by atoms with Crippen molar-refractivity contribution in [2.75, 3.05) is 11.9 Å². The van der Waals surface area contributed by atoms with E-state index in [4.69, 9.17) is 0 Å². The van der Waals surface area contributed by atoms with Crippen molar-refractivity contribution in [3.63, 3.8) is 0 Å². The summed E-state index contributed by atoms with van der Waals surface area (Å²) in [5.41, 5.74) is 0.785. The second-order valence-electron chi connectivity index (χ2n) is 6.26. The Bertz CT molecular complexity index is 1060. The second kappa shape index (κ2) is 7.08. The fraction of sp³-hybridized carbons (Fsp3) is 0.353. The number of imidazole rings is 1. The van der Waals surface area contributed by atoms with E-state index in [-0.39, 0.29) is 6.54 Å². The summed E-state index contributed by atoms with van der Waals surface area (Å²) in [7, 11) is 3.03. The zero-order chi connectivity index (χ0) is 19.0. The van der Waals surface area contributed by atoms with Gasteiger partial charge in [0, 0.05) is 25.1 Å². The highest BCUT2D eigenvalue weighted by Crippen LogP contribution is 2.19. The van der Waals surface area contributed by atoms with Crippen LogP contribution in [-0.4, -0.2) is 36.4 Å². The van der Waals surface area contributed by atoms with Gasteiger partial charge in [0.05, 0.1) is 12.6 Å². The predicted octanol–water partition coefficient (Wildman–Crippen LogP) is 1.04. The van der Waals surface area contributed by atoms with Gasteiger partial charge in [0.15, 0.2) is 11.2 Å². The van der Waals surface area contributed by atoms with E-state index < -0.39 is 17.4 Å². The minimum absolute atomic E-state index is 0.276. The van der Waals surface area contributed by atoms with Crippen LogP contribution >= 0.6 is 15.9 Å². The van der Waals surface area contributed by atoms with Crippen molar-refractivity contribution in [2.45, 2.75) is 19.6 Å². The number of hydrogen-bond acceptors (Lipinski definition) is 5. The van der Waals surface area contributed by atoms with E-state index in [1.165, 1.54) is 11.6 Å². The van der Waals surface area contributed by atoms with Crippen molar-refractivity contribution in [3.05, 3.63) is 55.1 Å². The molecule has 0 aliphatic rings. The molecule has 0 radical (unpaired) electrons. The molecule has 2 aromatic heterocycles. The van der Waals surface area contributed by atoms with Gasteiger partial charge >= 0.3 is 5.69 Å². The number of aromatic nitrogens is 4. The molecule has 26 heavy (non-hydrogen) atoms. The van der Waals surface area contributed by atoms with Gasteiger partial charge in [-0.15, -0.1) is 0 Å². The maximum Gasteiger partial charge on any atom is 0.332 e. The lowest BCUT2D eigenvalue weighted by molar-refractivity contribution is 0.208. The molecular formula is C17H20BrN5O3. The maximum absolute atomic E-state index is 12.7. The number of aliphatic hydroxyl groups excluding tert-OH is 1. The molecule has 1 atom stereocenters. The highest BCUT2D eigenvalue weighted by Gasteiger charge is 2.19. The molecular weight excluding hydrogens is 402 g/mol. The molecule has 3 aromatic rings. The third-order valence-corrected chi connectivity index (χ3v) is 4.69. The lowest BCUT2D eigenvalue weighted by atomic mass is 10.2. The second-order valence-corrected chi connectivity index (χ2v) is 7.17. The van der Waals surface area contributed by atoms with Gasteiger partial charge in [-0.2, -0.15) is 4.98 Å². The Morgan fingerprint density at radius 1 is 1.19 bits per heavy atom. The minimum Gasteiger partial charge on any atom is -0.392 e. The largest absolute Gasteiger partial charge is 0.392 e. The van der Waals surface area contributed by atoms with Crippen LogP contribution in [0.3, 0.4) is 0 Å². The molecule has 2 N–H and O–H groups in total. The van der Waals surface area contributed by atoms with E-state index in [1.54, 1.807) is 18.5 Å². The molecule has 1 unspecified atom stereocenters. The van der Waals surface area contributed by atoms with Crippen LogP contribution in [-0.2, 0) is 20.6 Å². The molecule has 0 saturated carbocycles. The van der Waals surface area contributed by atoms with Crippen molar-refractivity contribution in [1.82, 2.24) is 18.7 Å². The monoisotopic (exact) mass is 421 g/mol. The number of nitrogens with one attached hydrogen (secondary N) is 1. The Balaban J connectivity index is 2.22. The van der Waals surface area contributed by atoms with E-state index in [0.29, 0.717) is 23.7 Å². The molecule has 1 aromatic carbocycles. The molecule has 8 nitrogen and oxygen atoms in total. The minimum atomic E-state index is -0.581. The molecule has 0 amide bonds. The molecule has 0 spiro atoms. The van der Waals surface area contributed by atoms with Crippen LogP contribution < -0.4 is 16.6 Å². The summed E-state index contributed by atoms with van der Waals surface area (Å²) in [6, 6.07) is 7.73. The van der Waals surface area contributed by atoms with Gasteiger partial charge < -0.3 is 10.4 Å². The van der Waals surface area contributed by atoms with Crippen LogP contribution in [0.4, 0.5) is 5.95 Å². The molecule has 0 saturated heterocycles. The van der Waals surface area contributed by atoms with Crippen LogP contribution in [0.1, 0.15) is 12.5 Å². The number of aryl methyl sites for hydroxylation is 1. The molecule has 0 fully saturated rings. The SMILES string of the molecule is CC(O)CNc1nc2c(c(=O)n(C)c(=O)n2C)n1Cc1ccc(Br)cc1. The molecule has 3 rings (SSSR count). The fourth-order valence-electron chi connectivity index (χ4n) is 2.75. The number of rotatable bonds is 5. The Hall–Kier alpha value is -2.39. The van der Waals surface area contributed by atoms with E-state index in [2.05, 4.69) is 26.2 Å². The van der Waals surface area contributed by atoms with Crippen LogP contribution in [0, 0.1) is 0 Å². The summed E-state index contributed by atoms with van der Waals surface area (Å²) in [6.07, 6.45) is -0.581. The molecule has 0 aliphatic carbocycles. The van der Waals surface area contributed by atoms with Crippen molar-refractivity contribution in [1.29, 1.82) is 0 Å². The van der Waals surface area contributed by atoms with E-state index in [0.717, 1.165) is 14.6 Å². The maximum atomic E-state index is 12.7. The van der Waals surface area contributed by atoms with Crippen molar-refractivity contribution in [3.8, 4) is 0 Å². The number of nitrogens with zero attached hydrogens (tertiary/aromatic N) is 4. The fourth-order valence-corrected chi connectivity index (χ4v) is 3.01. The first-order valence-corrected chi connectivity index (χ1v) is 8.91. The lowest BCUT2D eigenvalue weighted by Gasteiger charge is -2.12. The van der Waals surface area contributed by atoms with Gasteiger partial charge in [-0.05, 0) is 24.6 Å². The van der Waals surface area contributed by atoms with Crippen LogP contribution in [0.15, 0.2) is 38.3 Å². The standard InChI is InChI=1S/C17H20BrN5O3/c1-10(24)8-19-16-20-14-13(15(25)22(3)17(26)21(14)2)23(16)9-11-4-6-12(18)7-5-11/h4-7,10,24H,8-9H2,1-3H3,(H,19,20). The number of fused-ring (bicyclic) bond motifs is 1. The van der Waals surface area contributed by atoms with E-state index in [9.17, 15) is 14.7 Å². The number of halogens is 1. The van der Waals surface area contributed by atoms with E-state index >= 15 is 0 Å². The topological polar surface area (TPSA) is 94.1 Å². The summed E-state index contributed by atoms with van der Waals surface area (Å²) in [6.45, 7) is 2.33. The Kier molecular flexibility index (Phi) is 5.01. The third-order valence-electron chi connectivity index (χ3n) is 4.16. The quantitative estimate of drug-likeness (QED) is 0.641. The summed E-state index contributed by atoms with van der Waals surface area (Å²) in [5, 5.41) is 12.6. The van der Waals surface area contributed by atoms with Crippen LogP contribution in [0.25, 0.3) is 11.2 Å². The Morgan fingerprint density at radius 2 is 1.85 bits per heavy atom.